The van der Waals surface area contributed by atoms with Gasteiger partial charge in [-0.3, -0.25) is 9.48 Å². The highest BCUT2D eigenvalue weighted by Gasteiger charge is 2.40. The topological polar surface area (TPSA) is 108 Å². The van der Waals surface area contributed by atoms with Crippen molar-refractivity contribution in [2.45, 2.75) is 43.9 Å². The van der Waals surface area contributed by atoms with Gasteiger partial charge in [0.2, 0.25) is 0 Å². The zero-order valence-electron chi connectivity index (χ0n) is 20.2. The molecule has 1 unspecified atom stereocenters. The molecule has 1 saturated heterocycles. The summed E-state index contributed by atoms with van der Waals surface area (Å²) in [5.41, 5.74) is 8.47. The van der Waals surface area contributed by atoms with Crippen molar-refractivity contribution in [3.8, 4) is 27.6 Å². The number of nitrogens with zero attached hydrogens (tertiary/aromatic N) is 4. The fourth-order valence-corrected chi connectivity index (χ4v) is 6.10. The molecular weight excluding hydrogens is 489 g/mol. The number of amides is 1. The van der Waals surface area contributed by atoms with Crippen LogP contribution in [0.25, 0.3) is 32.5 Å². The molecule has 7 nitrogen and oxygen atoms in total. The number of nitriles is 1. The summed E-state index contributed by atoms with van der Waals surface area (Å²) in [6.07, 6.45) is 5.26. The average Bonchev–Trinajstić information content (AvgIpc) is 3.27. The number of fused-ring (bicyclic) bond motifs is 1. The van der Waals surface area contributed by atoms with Gasteiger partial charge in [0.05, 0.1) is 28.1 Å². The standard InChI is InChI=1S/C28H26FN5O2S/c29-23-11-17(3-4-19(23)13-30)22-12-25(27(35)33-9-1-2-21(31)15-33)37-26(22)18-5-6-24-20(10-18)14-34(32-24)16-28(36)7-8-28/h3-6,10-12,14,21,36H,1-2,7-9,15-16,31H2. The van der Waals surface area contributed by atoms with Crippen LogP contribution in [0.5, 0.6) is 0 Å². The molecule has 0 radical (unpaired) electrons. The Hall–Kier alpha value is -3.58. The van der Waals surface area contributed by atoms with Gasteiger partial charge in [0.25, 0.3) is 5.91 Å². The maximum absolute atomic E-state index is 14.6. The molecule has 1 amide bonds. The molecule has 0 spiro atoms. The number of aromatic nitrogens is 2. The number of thiophene rings is 1. The maximum atomic E-state index is 14.6. The van der Waals surface area contributed by atoms with E-state index >= 15 is 0 Å². The lowest BCUT2D eigenvalue weighted by Gasteiger charge is -2.30. The lowest BCUT2D eigenvalue weighted by Crippen LogP contribution is -2.45. The van der Waals surface area contributed by atoms with E-state index < -0.39 is 11.4 Å². The van der Waals surface area contributed by atoms with Gasteiger partial charge in [-0.2, -0.15) is 10.4 Å². The molecule has 37 heavy (non-hydrogen) atoms. The number of benzene rings is 2. The summed E-state index contributed by atoms with van der Waals surface area (Å²) >= 11 is 1.37. The molecule has 6 rings (SSSR count). The van der Waals surface area contributed by atoms with Gasteiger partial charge in [-0.05, 0) is 67.1 Å². The fraction of sp³-hybridized carbons (Fsp3) is 0.321. The highest BCUT2D eigenvalue weighted by atomic mass is 32.1. The first-order valence-corrected chi connectivity index (χ1v) is 13.2. The van der Waals surface area contributed by atoms with Crippen molar-refractivity contribution in [3.05, 3.63) is 64.9 Å². The van der Waals surface area contributed by atoms with Crippen molar-refractivity contribution in [2.24, 2.45) is 5.73 Å². The Morgan fingerprint density at radius 3 is 2.78 bits per heavy atom. The second-order valence-corrected chi connectivity index (χ2v) is 11.2. The van der Waals surface area contributed by atoms with Crippen molar-refractivity contribution >= 4 is 28.1 Å². The molecule has 2 aliphatic rings. The van der Waals surface area contributed by atoms with Crippen LogP contribution in [-0.4, -0.2) is 50.4 Å². The Morgan fingerprint density at radius 1 is 1.24 bits per heavy atom. The minimum Gasteiger partial charge on any atom is -0.388 e. The number of carbonyl (C=O) groups excluding carboxylic acids is 1. The zero-order chi connectivity index (χ0) is 25.7. The van der Waals surface area contributed by atoms with E-state index in [0.717, 1.165) is 52.6 Å². The number of halogens is 1. The normalized spacial score (nSPS) is 18.6. The molecule has 9 heteroatoms. The fourth-order valence-electron chi connectivity index (χ4n) is 4.95. The molecule has 2 fully saturated rings. The van der Waals surface area contributed by atoms with Crippen LogP contribution >= 0.6 is 11.3 Å². The summed E-state index contributed by atoms with van der Waals surface area (Å²) in [7, 11) is 0. The minimum atomic E-state index is -0.655. The van der Waals surface area contributed by atoms with Gasteiger partial charge >= 0.3 is 0 Å². The molecule has 1 atom stereocenters. The Kier molecular flexibility index (Phi) is 5.83. The van der Waals surface area contributed by atoms with Crippen molar-refractivity contribution in [1.82, 2.24) is 14.7 Å². The first-order chi connectivity index (χ1) is 17.8. The summed E-state index contributed by atoms with van der Waals surface area (Å²) in [4.78, 5) is 16.6. The van der Waals surface area contributed by atoms with E-state index in [1.807, 2.05) is 36.5 Å². The van der Waals surface area contributed by atoms with E-state index in [4.69, 9.17) is 11.0 Å². The number of carbonyl (C=O) groups is 1. The van der Waals surface area contributed by atoms with Gasteiger partial charge < -0.3 is 15.7 Å². The van der Waals surface area contributed by atoms with Crippen LogP contribution in [0.15, 0.2) is 48.7 Å². The van der Waals surface area contributed by atoms with Gasteiger partial charge in [0.15, 0.2) is 0 Å². The van der Waals surface area contributed by atoms with Gasteiger partial charge in [-0.1, -0.05) is 12.1 Å². The van der Waals surface area contributed by atoms with E-state index in [0.29, 0.717) is 30.1 Å². The van der Waals surface area contributed by atoms with Gasteiger partial charge in [-0.15, -0.1) is 11.3 Å². The molecule has 1 saturated carbocycles. The van der Waals surface area contributed by atoms with Crippen molar-refractivity contribution in [1.29, 1.82) is 5.26 Å². The first kappa shape index (κ1) is 23.8. The van der Waals surface area contributed by atoms with Crippen LogP contribution in [0, 0.1) is 17.1 Å². The maximum Gasteiger partial charge on any atom is 0.264 e. The minimum absolute atomic E-state index is 0.0229. The quantitative estimate of drug-likeness (QED) is 0.406. The van der Waals surface area contributed by atoms with E-state index in [1.54, 1.807) is 15.6 Å². The number of nitrogens with two attached hydrogens (primary N) is 1. The summed E-state index contributed by atoms with van der Waals surface area (Å²) in [5, 5.41) is 25.0. The van der Waals surface area contributed by atoms with Crippen molar-refractivity contribution in [3.63, 3.8) is 0 Å². The molecule has 3 heterocycles. The highest BCUT2D eigenvalue weighted by Crippen LogP contribution is 2.42. The molecule has 1 aliphatic heterocycles. The highest BCUT2D eigenvalue weighted by molar-refractivity contribution is 7.18. The number of piperidine rings is 1. The average molecular weight is 516 g/mol. The van der Waals surface area contributed by atoms with E-state index in [1.165, 1.54) is 23.5 Å². The van der Waals surface area contributed by atoms with Crippen LogP contribution in [0.4, 0.5) is 4.39 Å². The lowest BCUT2D eigenvalue weighted by atomic mass is 10.00. The van der Waals surface area contributed by atoms with Crippen molar-refractivity contribution in [2.75, 3.05) is 13.1 Å². The molecule has 1 aliphatic carbocycles. The number of likely N-dealkylation sites (tertiary alicyclic amines) is 1. The lowest BCUT2D eigenvalue weighted by molar-refractivity contribution is 0.0713. The predicted octanol–water partition coefficient (Wildman–Crippen LogP) is 4.53. The van der Waals surface area contributed by atoms with E-state index in [2.05, 4.69) is 5.10 Å². The number of rotatable bonds is 5. The Bertz CT molecular complexity index is 1560. The van der Waals surface area contributed by atoms with Crippen LogP contribution in [0.1, 0.15) is 40.9 Å². The van der Waals surface area contributed by atoms with Crippen LogP contribution in [0.2, 0.25) is 0 Å². The van der Waals surface area contributed by atoms with Crippen molar-refractivity contribution < 1.29 is 14.3 Å². The number of aliphatic hydroxyl groups is 1. The van der Waals surface area contributed by atoms with Gasteiger partial charge in [0.1, 0.15) is 11.9 Å². The Morgan fingerprint density at radius 2 is 2.05 bits per heavy atom. The number of hydrogen-bond donors (Lipinski definition) is 2. The summed E-state index contributed by atoms with van der Waals surface area (Å²) < 4.78 is 16.4. The van der Waals surface area contributed by atoms with Gasteiger partial charge in [0, 0.05) is 41.2 Å². The summed E-state index contributed by atoms with van der Waals surface area (Å²) in [6, 6.07) is 14.1. The third-order valence-corrected chi connectivity index (χ3v) is 8.36. The predicted molar refractivity (Wildman–Crippen MR) is 140 cm³/mol. The SMILES string of the molecule is N#Cc1ccc(-c2cc(C(=O)N3CCCC(N)C3)sc2-c2ccc3nn(CC4(O)CC4)cc3c2)cc1F. The molecule has 3 N–H and O–H groups in total. The summed E-state index contributed by atoms with van der Waals surface area (Å²) in [5.74, 6) is -0.671. The van der Waals surface area contributed by atoms with Crippen LogP contribution in [0.3, 0.4) is 0 Å². The monoisotopic (exact) mass is 515 g/mol. The van der Waals surface area contributed by atoms with Gasteiger partial charge in [-0.25, -0.2) is 4.39 Å². The smallest absolute Gasteiger partial charge is 0.264 e. The Balaban J connectivity index is 1.42. The molecule has 0 bridgehead atoms. The second kappa shape index (κ2) is 9.06. The van der Waals surface area contributed by atoms with E-state index in [-0.39, 0.29) is 17.5 Å². The molecular formula is C28H26FN5O2S. The Labute approximate surface area is 217 Å². The van der Waals surface area contributed by atoms with Crippen LogP contribution in [-0.2, 0) is 6.54 Å². The second-order valence-electron chi connectivity index (χ2n) is 10.1. The largest absolute Gasteiger partial charge is 0.388 e. The van der Waals surface area contributed by atoms with E-state index in [9.17, 15) is 14.3 Å². The third-order valence-electron chi connectivity index (χ3n) is 7.19. The third kappa shape index (κ3) is 4.64. The molecule has 2 aromatic heterocycles. The molecule has 4 aromatic rings. The molecule has 188 valence electrons. The number of hydrogen-bond acceptors (Lipinski definition) is 6. The first-order valence-electron chi connectivity index (χ1n) is 12.4. The zero-order valence-corrected chi connectivity index (χ0v) is 21.0. The molecule has 2 aromatic carbocycles. The van der Waals surface area contributed by atoms with Crippen LogP contribution < -0.4 is 5.73 Å². The summed E-state index contributed by atoms with van der Waals surface area (Å²) in [6.45, 7) is 1.64.